The van der Waals surface area contributed by atoms with Gasteiger partial charge < -0.3 is 9.84 Å². The molecule has 2 aromatic rings. The molecule has 2 aromatic carbocycles. The normalized spacial score (nSPS) is 12.2. The fourth-order valence-electron chi connectivity index (χ4n) is 1.67. The highest BCUT2D eigenvalue weighted by atomic mass is 16.5. The lowest BCUT2D eigenvalue weighted by atomic mass is 10.1. The van der Waals surface area contributed by atoms with Gasteiger partial charge in [0.1, 0.15) is 5.75 Å². The van der Waals surface area contributed by atoms with Crippen LogP contribution >= 0.6 is 0 Å². The molecule has 0 amide bonds. The van der Waals surface area contributed by atoms with E-state index in [9.17, 15) is 4.79 Å². The molecule has 20 heavy (non-hydrogen) atoms. The van der Waals surface area contributed by atoms with Gasteiger partial charge in [-0.15, -0.1) is 0 Å². The Morgan fingerprint density at radius 3 is 2.10 bits per heavy atom. The lowest BCUT2D eigenvalue weighted by molar-refractivity contribution is -0.144. The molecule has 0 aliphatic carbocycles. The van der Waals surface area contributed by atoms with E-state index in [2.05, 4.69) is 0 Å². The Bertz CT molecular complexity index is 585. The van der Waals surface area contributed by atoms with Crippen molar-refractivity contribution >= 4 is 18.1 Å². The molecule has 1 atom stereocenters. The number of aliphatic carboxylic acids is 1. The summed E-state index contributed by atoms with van der Waals surface area (Å²) in [6.07, 6.45) is 3.18. The van der Waals surface area contributed by atoms with Crippen LogP contribution in [0.4, 0.5) is 0 Å². The number of rotatable bonds is 5. The highest BCUT2D eigenvalue weighted by Gasteiger charge is 2.11. The second-order valence-corrected chi connectivity index (χ2v) is 4.41. The fourth-order valence-corrected chi connectivity index (χ4v) is 1.67. The van der Waals surface area contributed by atoms with Gasteiger partial charge in [-0.25, -0.2) is 4.79 Å². The summed E-state index contributed by atoms with van der Waals surface area (Å²) in [7, 11) is 0. The Labute approximate surface area is 118 Å². The zero-order valence-electron chi connectivity index (χ0n) is 11.2. The minimum absolute atomic E-state index is 0.553. The maximum atomic E-state index is 10.7. The van der Waals surface area contributed by atoms with Gasteiger partial charge in [0, 0.05) is 0 Å². The molecule has 0 fully saturated rings. The van der Waals surface area contributed by atoms with E-state index >= 15 is 0 Å². The number of hydrogen-bond donors (Lipinski definition) is 1. The van der Waals surface area contributed by atoms with Crippen LogP contribution in [0.5, 0.6) is 5.75 Å². The Hall–Kier alpha value is -2.55. The number of ether oxygens (including phenoxy) is 1. The van der Waals surface area contributed by atoms with Crippen LogP contribution in [0.15, 0.2) is 54.6 Å². The van der Waals surface area contributed by atoms with Gasteiger partial charge in [-0.3, -0.25) is 0 Å². The highest BCUT2D eigenvalue weighted by molar-refractivity contribution is 5.72. The van der Waals surface area contributed by atoms with E-state index < -0.39 is 12.1 Å². The fraction of sp³-hybridized carbons (Fsp3) is 0.118. The minimum atomic E-state index is -0.974. The van der Waals surface area contributed by atoms with Gasteiger partial charge in [-0.05, 0) is 30.2 Å². The van der Waals surface area contributed by atoms with E-state index in [0.717, 1.165) is 11.1 Å². The van der Waals surface area contributed by atoms with Crippen LogP contribution in [0, 0.1) is 0 Å². The minimum Gasteiger partial charge on any atom is -0.479 e. The van der Waals surface area contributed by atoms with Gasteiger partial charge in [0.2, 0.25) is 0 Å². The molecule has 3 nitrogen and oxygen atoms in total. The molecule has 0 spiro atoms. The summed E-state index contributed by atoms with van der Waals surface area (Å²) in [5, 5.41) is 8.77. The summed E-state index contributed by atoms with van der Waals surface area (Å²) >= 11 is 0. The Kier molecular flexibility index (Phi) is 4.56. The molecule has 3 heteroatoms. The molecule has 0 bridgehead atoms. The predicted octanol–water partition coefficient (Wildman–Crippen LogP) is 3.71. The molecule has 0 aliphatic rings. The van der Waals surface area contributed by atoms with Crippen molar-refractivity contribution in [3.63, 3.8) is 0 Å². The monoisotopic (exact) mass is 268 g/mol. The maximum absolute atomic E-state index is 10.7. The van der Waals surface area contributed by atoms with E-state index in [1.807, 2.05) is 54.6 Å². The topological polar surface area (TPSA) is 46.5 Å². The van der Waals surface area contributed by atoms with Gasteiger partial charge >= 0.3 is 5.97 Å². The summed E-state index contributed by atoms with van der Waals surface area (Å²) in [4.78, 5) is 10.7. The van der Waals surface area contributed by atoms with Gasteiger partial charge in [0.15, 0.2) is 6.10 Å². The third-order valence-corrected chi connectivity index (χ3v) is 2.81. The molecule has 0 heterocycles. The number of carbonyl (C=O) groups is 1. The van der Waals surface area contributed by atoms with E-state index in [-0.39, 0.29) is 0 Å². The molecule has 0 saturated carbocycles. The van der Waals surface area contributed by atoms with Gasteiger partial charge in [-0.1, -0.05) is 54.6 Å². The standard InChI is InChI=1S/C17H16O3/c1-13(17(18)19)20-16-11-9-15(10-12-16)8-7-14-5-3-2-4-6-14/h2-13H,1H3,(H,18,19). The Morgan fingerprint density at radius 2 is 1.55 bits per heavy atom. The zero-order chi connectivity index (χ0) is 14.4. The smallest absolute Gasteiger partial charge is 0.344 e. The summed E-state index contributed by atoms with van der Waals surface area (Å²) < 4.78 is 5.27. The van der Waals surface area contributed by atoms with E-state index in [1.54, 1.807) is 12.1 Å². The Balaban J connectivity index is 2.02. The van der Waals surface area contributed by atoms with Crippen LogP contribution in [0.2, 0.25) is 0 Å². The maximum Gasteiger partial charge on any atom is 0.344 e. The first-order valence-corrected chi connectivity index (χ1v) is 6.38. The lowest BCUT2D eigenvalue weighted by Gasteiger charge is -2.10. The van der Waals surface area contributed by atoms with E-state index in [0.29, 0.717) is 5.75 Å². The third-order valence-electron chi connectivity index (χ3n) is 2.81. The summed E-state index contributed by atoms with van der Waals surface area (Å²) in [6.45, 7) is 1.51. The van der Waals surface area contributed by atoms with Gasteiger partial charge in [0.25, 0.3) is 0 Å². The van der Waals surface area contributed by atoms with E-state index in [4.69, 9.17) is 9.84 Å². The van der Waals surface area contributed by atoms with Crippen LogP contribution in [0.3, 0.4) is 0 Å². The van der Waals surface area contributed by atoms with E-state index in [1.165, 1.54) is 6.92 Å². The van der Waals surface area contributed by atoms with Crippen LogP contribution in [-0.2, 0) is 4.79 Å². The molecule has 1 unspecified atom stereocenters. The van der Waals surface area contributed by atoms with Crippen LogP contribution in [0.1, 0.15) is 18.1 Å². The number of hydrogen-bond acceptors (Lipinski definition) is 2. The second kappa shape index (κ2) is 6.57. The molecule has 102 valence electrons. The van der Waals surface area contributed by atoms with Crippen molar-refractivity contribution in [2.75, 3.05) is 0 Å². The molecular weight excluding hydrogens is 252 g/mol. The molecule has 2 rings (SSSR count). The molecule has 1 N–H and O–H groups in total. The van der Waals surface area contributed by atoms with Gasteiger partial charge in [-0.2, -0.15) is 0 Å². The molecular formula is C17H16O3. The number of benzene rings is 2. The summed E-state index contributed by atoms with van der Waals surface area (Å²) in [5.41, 5.74) is 2.16. The third kappa shape index (κ3) is 3.99. The molecule has 0 radical (unpaired) electrons. The summed E-state index contributed by atoms with van der Waals surface area (Å²) in [5.74, 6) is -0.421. The largest absolute Gasteiger partial charge is 0.479 e. The predicted molar refractivity (Wildman–Crippen MR) is 79.5 cm³/mol. The van der Waals surface area contributed by atoms with Gasteiger partial charge in [0.05, 0.1) is 0 Å². The first-order valence-electron chi connectivity index (χ1n) is 6.38. The SMILES string of the molecule is CC(Oc1ccc(C=Cc2ccccc2)cc1)C(=O)O. The lowest BCUT2D eigenvalue weighted by Crippen LogP contribution is -2.22. The van der Waals surface area contributed by atoms with Crippen molar-refractivity contribution in [3.8, 4) is 5.75 Å². The molecule has 0 aliphatic heterocycles. The van der Waals surface area contributed by atoms with Crippen molar-refractivity contribution in [3.05, 3.63) is 65.7 Å². The first-order chi connectivity index (χ1) is 9.65. The van der Waals surface area contributed by atoms with Crippen LogP contribution < -0.4 is 4.74 Å². The van der Waals surface area contributed by atoms with Crippen molar-refractivity contribution in [2.45, 2.75) is 13.0 Å². The van der Waals surface area contributed by atoms with Crippen molar-refractivity contribution in [2.24, 2.45) is 0 Å². The average Bonchev–Trinajstić information content (AvgIpc) is 2.47. The van der Waals surface area contributed by atoms with Crippen LogP contribution in [-0.4, -0.2) is 17.2 Å². The summed E-state index contributed by atoms with van der Waals surface area (Å²) in [6, 6.07) is 17.3. The quantitative estimate of drug-likeness (QED) is 0.841. The zero-order valence-corrected chi connectivity index (χ0v) is 11.2. The highest BCUT2D eigenvalue weighted by Crippen LogP contribution is 2.16. The number of carboxylic acid groups (broad SMARTS) is 1. The van der Waals surface area contributed by atoms with Crippen molar-refractivity contribution < 1.29 is 14.6 Å². The number of carboxylic acids is 1. The van der Waals surface area contributed by atoms with Crippen LogP contribution in [0.25, 0.3) is 12.2 Å². The molecule has 0 saturated heterocycles. The van der Waals surface area contributed by atoms with Crippen molar-refractivity contribution in [1.82, 2.24) is 0 Å². The van der Waals surface area contributed by atoms with Crippen molar-refractivity contribution in [1.29, 1.82) is 0 Å². The first kappa shape index (κ1) is 13.9. The molecule has 0 aromatic heterocycles. The Morgan fingerprint density at radius 1 is 1.00 bits per heavy atom. The second-order valence-electron chi connectivity index (χ2n) is 4.41. The average molecular weight is 268 g/mol.